The van der Waals surface area contributed by atoms with Gasteiger partial charge in [-0.3, -0.25) is 0 Å². The Morgan fingerprint density at radius 3 is 2.38 bits per heavy atom. The Kier molecular flexibility index (Phi) is 1.88. The number of fused-ring (bicyclic) bond motifs is 1. The summed E-state index contributed by atoms with van der Waals surface area (Å²) in [7, 11) is 0. The zero-order valence-electron chi connectivity index (χ0n) is 6.74. The van der Waals surface area contributed by atoms with E-state index in [4.69, 9.17) is 17.0 Å². The molecule has 0 saturated carbocycles. The Hall–Kier alpha value is -1.59. The number of diazo groups is 1. The first-order valence-electron chi connectivity index (χ1n) is 3.85. The highest BCUT2D eigenvalue weighted by Crippen LogP contribution is 2.31. The van der Waals surface area contributed by atoms with Gasteiger partial charge in [-0.1, -0.05) is 29.8 Å². The van der Waals surface area contributed by atoms with Crippen molar-refractivity contribution in [3.8, 4) is 0 Å². The number of hydrogen-bond acceptors (Lipinski definition) is 1. The van der Waals surface area contributed by atoms with Gasteiger partial charge in [-0.15, -0.1) is 0 Å². The van der Waals surface area contributed by atoms with Crippen LogP contribution in [0, 0.1) is 5.39 Å². The zero-order valence-corrected chi connectivity index (χ0v) is 7.49. The Balaban J connectivity index is 2.95. The van der Waals surface area contributed by atoms with E-state index in [9.17, 15) is 0 Å². The predicted molar refractivity (Wildman–Crippen MR) is 53.7 cm³/mol. The smallest absolute Gasteiger partial charge is 0.0837 e. The van der Waals surface area contributed by atoms with Crippen molar-refractivity contribution in [2.24, 2.45) is 0 Å². The van der Waals surface area contributed by atoms with Crippen LogP contribution in [0.1, 0.15) is 0 Å². The van der Waals surface area contributed by atoms with Crippen LogP contribution in [0.2, 0.25) is 5.02 Å². The van der Waals surface area contributed by atoms with Crippen molar-refractivity contribution in [1.29, 1.82) is 5.39 Å². The van der Waals surface area contributed by atoms with Crippen LogP contribution in [0.25, 0.3) is 15.7 Å². The van der Waals surface area contributed by atoms with Gasteiger partial charge in [0.25, 0.3) is 0 Å². The molecule has 0 bridgehead atoms. The Morgan fingerprint density at radius 2 is 1.69 bits per heavy atom. The minimum atomic E-state index is 0.542. The van der Waals surface area contributed by atoms with Crippen molar-refractivity contribution in [1.82, 2.24) is 0 Å². The summed E-state index contributed by atoms with van der Waals surface area (Å²) >= 11 is 5.96. The van der Waals surface area contributed by atoms with E-state index in [2.05, 4.69) is 4.98 Å². The monoisotopic (exact) mass is 189 g/mol. The molecular formula is C10H6ClN2+. The maximum Gasteiger partial charge on any atom is 0.392 e. The van der Waals surface area contributed by atoms with E-state index in [1.807, 2.05) is 24.3 Å². The molecule has 0 heterocycles. The van der Waals surface area contributed by atoms with E-state index in [0.29, 0.717) is 10.7 Å². The molecule has 0 fully saturated rings. The van der Waals surface area contributed by atoms with Gasteiger partial charge < -0.3 is 0 Å². The lowest BCUT2D eigenvalue weighted by Crippen LogP contribution is -1.73. The number of hydrogen-bond donors (Lipinski definition) is 0. The summed E-state index contributed by atoms with van der Waals surface area (Å²) in [4.78, 5) is 3.18. The van der Waals surface area contributed by atoms with Crippen LogP contribution in [0.4, 0.5) is 5.69 Å². The summed E-state index contributed by atoms with van der Waals surface area (Å²) < 4.78 is 0. The van der Waals surface area contributed by atoms with E-state index < -0.39 is 0 Å². The molecule has 13 heavy (non-hydrogen) atoms. The Morgan fingerprint density at radius 1 is 1.00 bits per heavy atom. The third kappa shape index (κ3) is 1.24. The van der Waals surface area contributed by atoms with Crippen molar-refractivity contribution >= 4 is 28.1 Å². The molecule has 0 amide bonds. The zero-order chi connectivity index (χ0) is 9.26. The van der Waals surface area contributed by atoms with Gasteiger partial charge in [0.05, 0.1) is 5.39 Å². The lowest BCUT2D eigenvalue weighted by Gasteiger charge is -1.95. The third-order valence-electron chi connectivity index (χ3n) is 1.96. The van der Waals surface area contributed by atoms with Crippen molar-refractivity contribution in [2.75, 3.05) is 0 Å². The van der Waals surface area contributed by atoms with Crippen LogP contribution in [0.15, 0.2) is 36.4 Å². The van der Waals surface area contributed by atoms with Crippen LogP contribution in [0.3, 0.4) is 0 Å². The van der Waals surface area contributed by atoms with Gasteiger partial charge in [0, 0.05) is 16.5 Å². The Bertz CT molecular complexity index is 500. The van der Waals surface area contributed by atoms with Crippen molar-refractivity contribution in [3.05, 3.63) is 46.4 Å². The van der Waals surface area contributed by atoms with Crippen LogP contribution in [-0.4, -0.2) is 0 Å². The largest absolute Gasteiger partial charge is 0.392 e. The number of nitrogens with zero attached hydrogens (tertiary/aromatic N) is 2. The van der Waals surface area contributed by atoms with Gasteiger partial charge in [0.15, 0.2) is 4.98 Å². The van der Waals surface area contributed by atoms with E-state index >= 15 is 0 Å². The minimum absolute atomic E-state index is 0.542. The molecule has 2 aromatic carbocycles. The average molecular weight is 190 g/mol. The van der Waals surface area contributed by atoms with Crippen LogP contribution in [-0.2, 0) is 0 Å². The van der Waals surface area contributed by atoms with E-state index in [-0.39, 0.29) is 0 Å². The molecule has 0 N–H and O–H groups in total. The summed E-state index contributed by atoms with van der Waals surface area (Å²) in [5.74, 6) is 0. The average Bonchev–Trinajstić information content (AvgIpc) is 2.19. The molecule has 0 aliphatic carbocycles. The molecule has 0 atom stereocenters. The summed E-state index contributed by atoms with van der Waals surface area (Å²) in [5.41, 5.74) is 0.542. The molecule has 2 rings (SSSR count). The molecule has 0 unspecified atom stereocenters. The molecule has 0 saturated heterocycles. The van der Waals surface area contributed by atoms with Crippen molar-refractivity contribution in [3.63, 3.8) is 0 Å². The lowest BCUT2D eigenvalue weighted by molar-refractivity contribution is 1.47. The van der Waals surface area contributed by atoms with Crippen LogP contribution < -0.4 is 0 Å². The predicted octanol–water partition coefficient (Wildman–Crippen LogP) is 3.98. The Labute approximate surface area is 80.4 Å². The van der Waals surface area contributed by atoms with Gasteiger partial charge in [0.1, 0.15) is 0 Å². The summed E-state index contributed by atoms with van der Waals surface area (Å²) in [6, 6.07) is 11.0. The van der Waals surface area contributed by atoms with Gasteiger partial charge in [0.2, 0.25) is 5.39 Å². The summed E-state index contributed by atoms with van der Waals surface area (Å²) in [6.45, 7) is 0. The first kappa shape index (κ1) is 8.03. The first-order valence-corrected chi connectivity index (χ1v) is 4.23. The topological polar surface area (TPSA) is 28.1 Å². The van der Waals surface area contributed by atoms with Gasteiger partial charge in [-0.25, -0.2) is 0 Å². The highest BCUT2D eigenvalue weighted by Gasteiger charge is 2.11. The fourth-order valence-corrected chi connectivity index (χ4v) is 1.56. The first-order chi connectivity index (χ1) is 6.33. The molecule has 2 aromatic rings. The van der Waals surface area contributed by atoms with E-state index in [1.165, 1.54) is 0 Å². The second-order valence-electron chi connectivity index (χ2n) is 2.71. The van der Waals surface area contributed by atoms with Gasteiger partial charge in [-0.05, 0) is 12.1 Å². The standard InChI is InChI=1S/C10H6ClN2/c11-9-5-6-10(13-12)8-4-2-1-3-7(8)9/h1-6H/q+1. The summed E-state index contributed by atoms with van der Waals surface area (Å²) in [5, 5.41) is 11.1. The highest BCUT2D eigenvalue weighted by atomic mass is 35.5. The molecule has 0 aliphatic heterocycles. The molecular weight excluding hydrogens is 184 g/mol. The highest BCUT2D eigenvalue weighted by molar-refractivity contribution is 6.36. The van der Waals surface area contributed by atoms with E-state index in [0.717, 1.165) is 10.8 Å². The molecule has 3 heteroatoms. The van der Waals surface area contributed by atoms with Crippen molar-refractivity contribution < 1.29 is 0 Å². The second kappa shape index (κ2) is 3.04. The molecule has 2 nitrogen and oxygen atoms in total. The molecule has 0 spiro atoms. The molecule has 0 radical (unpaired) electrons. The number of rotatable bonds is 0. The third-order valence-corrected chi connectivity index (χ3v) is 2.29. The number of halogens is 1. The maximum atomic E-state index is 8.71. The fourth-order valence-electron chi connectivity index (χ4n) is 1.33. The quantitative estimate of drug-likeness (QED) is 0.576. The lowest BCUT2D eigenvalue weighted by atomic mass is 10.1. The minimum Gasteiger partial charge on any atom is -0.0837 e. The van der Waals surface area contributed by atoms with Crippen LogP contribution in [0.5, 0.6) is 0 Å². The van der Waals surface area contributed by atoms with Gasteiger partial charge in [-0.2, -0.15) is 0 Å². The SMILES string of the molecule is N#[N+]c1ccc(Cl)c2ccccc12. The molecule has 62 valence electrons. The normalized spacial score (nSPS) is 9.85. The summed E-state index contributed by atoms with van der Waals surface area (Å²) in [6.07, 6.45) is 0. The second-order valence-corrected chi connectivity index (χ2v) is 3.12. The molecule has 0 aromatic heterocycles. The fraction of sp³-hybridized carbons (Fsp3) is 0. The maximum absolute atomic E-state index is 8.71. The number of benzene rings is 2. The molecule has 0 aliphatic rings. The van der Waals surface area contributed by atoms with Gasteiger partial charge >= 0.3 is 5.69 Å². The van der Waals surface area contributed by atoms with E-state index in [1.54, 1.807) is 12.1 Å². The van der Waals surface area contributed by atoms with Crippen molar-refractivity contribution in [2.45, 2.75) is 0 Å². The van der Waals surface area contributed by atoms with Crippen LogP contribution >= 0.6 is 11.6 Å².